The third kappa shape index (κ3) is 2.23. The van der Waals surface area contributed by atoms with Crippen molar-refractivity contribution in [2.45, 2.75) is 43.2 Å². The van der Waals surface area contributed by atoms with Gasteiger partial charge in [0, 0.05) is 43.6 Å². The molecule has 1 unspecified atom stereocenters. The summed E-state index contributed by atoms with van der Waals surface area (Å²) in [6.45, 7) is 1.74. The van der Waals surface area contributed by atoms with Gasteiger partial charge in [-0.1, -0.05) is 6.07 Å². The lowest BCUT2D eigenvalue weighted by molar-refractivity contribution is -0.138. The number of amides is 1. The van der Waals surface area contributed by atoms with Gasteiger partial charge in [0.25, 0.3) is 0 Å². The van der Waals surface area contributed by atoms with E-state index in [2.05, 4.69) is 18.0 Å². The van der Waals surface area contributed by atoms with Crippen LogP contribution in [0.3, 0.4) is 0 Å². The number of carbonyl (C=O) groups is 2. The van der Waals surface area contributed by atoms with E-state index in [0.717, 1.165) is 31.4 Å². The van der Waals surface area contributed by atoms with E-state index in [1.165, 1.54) is 10.5 Å². The van der Waals surface area contributed by atoms with Gasteiger partial charge >= 0.3 is 6.09 Å². The number of likely N-dealkylation sites (N-methyl/N-ethyl adjacent to an activating group) is 2. The fourth-order valence-corrected chi connectivity index (χ4v) is 6.05. The molecular formula is C21H27N3O4. The largest absolute Gasteiger partial charge is 0.477 e. The molecule has 150 valence electrons. The molecule has 2 aliphatic heterocycles. The van der Waals surface area contributed by atoms with Gasteiger partial charge in [-0.2, -0.15) is 0 Å². The first-order valence-corrected chi connectivity index (χ1v) is 10.2. The van der Waals surface area contributed by atoms with E-state index in [-0.39, 0.29) is 11.2 Å². The van der Waals surface area contributed by atoms with Crippen molar-refractivity contribution in [2.75, 3.05) is 33.7 Å². The molecule has 0 radical (unpaired) electrons. The Bertz CT molecular complexity index is 856. The summed E-state index contributed by atoms with van der Waals surface area (Å²) < 4.78 is 12.0. The van der Waals surface area contributed by atoms with Crippen LogP contribution >= 0.6 is 0 Å². The van der Waals surface area contributed by atoms with Crippen LogP contribution in [0.1, 0.15) is 30.4 Å². The molecule has 1 saturated carbocycles. The summed E-state index contributed by atoms with van der Waals surface area (Å²) in [5.74, 6) is 1.62. The van der Waals surface area contributed by atoms with E-state index in [9.17, 15) is 9.59 Å². The standard InChI is InChI=1S/C21H27N3O4/c1-23-9-7-21-13-4-5-15(25)19(21)28-18-16(27-20(26)24(2)10-8-22)6-3-12(17(18)21)11-14(13)23/h3,6,13-14,19H,4-5,7-11,22H2,1-2H3/t13?,14-,19+,21+/m0/s1. The van der Waals surface area contributed by atoms with E-state index in [1.807, 2.05) is 6.07 Å². The Morgan fingerprint density at radius 1 is 1.46 bits per heavy atom. The summed E-state index contributed by atoms with van der Waals surface area (Å²) in [5, 5.41) is 0. The molecule has 7 nitrogen and oxygen atoms in total. The number of ketones is 1. The van der Waals surface area contributed by atoms with Crippen molar-refractivity contribution in [1.82, 2.24) is 9.80 Å². The molecule has 5 rings (SSSR count). The number of rotatable bonds is 3. The Kier molecular flexibility index (Phi) is 3.97. The summed E-state index contributed by atoms with van der Waals surface area (Å²) in [5.41, 5.74) is 7.64. The zero-order valence-corrected chi connectivity index (χ0v) is 16.4. The molecule has 2 heterocycles. The highest BCUT2D eigenvalue weighted by Crippen LogP contribution is 2.63. The van der Waals surface area contributed by atoms with Crippen LogP contribution in [0, 0.1) is 5.92 Å². The number of carbonyl (C=O) groups excluding carboxylic acids is 2. The molecule has 4 atom stereocenters. The number of likely N-dealkylation sites (tertiary alicyclic amines) is 1. The highest BCUT2D eigenvalue weighted by Gasteiger charge is 2.65. The van der Waals surface area contributed by atoms with Crippen molar-refractivity contribution in [2.24, 2.45) is 11.7 Å². The first-order valence-electron chi connectivity index (χ1n) is 10.2. The van der Waals surface area contributed by atoms with Gasteiger partial charge in [-0.05, 0) is 50.4 Å². The van der Waals surface area contributed by atoms with Crippen LogP contribution < -0.4 is 15.2 Å². The van der Waals surface area contributed by atoms with E-state index in [0.29, 0.717) is 43.0 Å². The van der Waals surface area contributed by atoms with Gasteiger partial charge in [-0.15, -0.1) is 0 Å². The lowest BCUT2D eigenvalue weighted by Gasteiger charge is -2.57. The number of nitrogens with zero attached hydrogens (tertiary/aromatic N) is 2. The number of ether oxygens (including phenoxy) is 2. The number of hydrogen-bond acceptors (Lipinski definition) is 6. The molecule has 2 bridgehead atoms. The van der Waals surface area contributed by atoms with Crippen LogP contribution in [0.25, 0.3) is 0 Å². The van der Waals surface area contributed by atoms with E-state index in [4.69, 9.17) is 15.2 Å². The average Bonchev–Trinajstić information content (AvgIpc) is 3.03. The Morgan fingerprint density at radius 3 is 3.07 bits per heavy atom. The van der Waals surface area contributed by atoms with Gasteiger partial charge in [-0.3, -0.25) is 4.79 Å². The van der Waals surface area contributed by atoms with Crippen molar-refractivity contribution < 1.29 is 19.1 Å². The van der Waals surface area contributed by atoms with Gasteiger partial charge in [0.1, 0.15) is 0 Å². The van der Waals surface area contributed by atoms with Crippen LogP contribution in [0.2, 0.25) is 0 Å². The van der Waals surface area contributed by atoms with Crippen LogP contribution in [-0.2, 0) is 16.6 Å². The van der Waals surface area contributed by atoms with Crippen LogP contribution in [0.15, 0.2) is 12.1 Å². The smallest absolute Gasteiger partial charge is 0.415 e. The summed E-state index contributed by atoms with van der Waals surface area (Å²) in [6.07, 6.45) is 2.44. The summed E-state index contributed by atoms with van der Waals surface area (Å²) in [6, 6.07) is 4.31. The van der Waals surface area contributed by atoms with Crippen molar-refractivity contribution >= 4 is 11.9 Å². The molecule has 0 aromatic heterocycles. The minimum atomic E-state index is -0.461. The lowest BCUT2D eigenvalue weighted by atomic mass is 9.52. The van der Waals surface area contributed by atoms with Crippen LogP contribution in [0.5, 0.6) is 11.5 Å². The molecule has 4 aliphatic rings. The topological polar surface area (TPSA) is 85.1 Å². The lowest BCUT2D eigenvalue weighted by Crippen LogP contribution is -2.65. The number of nitrogens with two attached hydrogens (primary N) is 1. The summed E-state index contributed by atoms with van der Waals surface area (Å²) >= 11 is 0. The Balaban J connectivity index is 1.60. The van der Waals surface area contributed by atoms with Crippen molar-refractivity contribution in [3.63, 3.8) is 0 Å². The minimum Gasteiger partial charge on any atom is -0.477 e. The number of piperidine rings is 1. The molecule has 1 aromatic carbocycles. The van der Waals surface area contributed by atoms with Crippen molar-refractivity contribution in [3.8, 4) is 11.5 Å². The zero-order valence-electron chi connectivity index (χ0n) is 16.4. The van der Waals surface area contributed by atoms with Gasteiger partial charge in [0.05, 0.1) is 0 Å². The van der Waals surface area contributed by atoms with Gasteiger partial charge in [0.2, 0.25) is 0 Å². The highest BCUT2D eigenvalue weighted by atomic mass is 16.6. The molecule has 2 fully saturated rings. The second-order valence-corrected chi connectivity index (χ2v) is 8.66. The quantitative estimate of drug-likeness (QED) is 0.845. The number of hydrogen-bond donors (Lipinski definition) is 1. The second-order valence-electron chi connectivity index (χ2n) is 8.66. The normalized spacial score (nSPS) is 32.5. The first-order chi connectivity index (χ1) is 13.5. The van der Waals surface area contributed by atoms with Gasteiger partial charge in [-0.25, -0.2) is 4.79 Å². The number of benzene rings is 1. The molecule has 2 aliphatic carbocycles. The predicted octanol–water partition coefficient (Wildman–Crippen LogP) is 1.31. The Labute approximate surface area is 164 Å². The van der Waals surface area contributed by atoms with Crippen LogP contribution in [-0.4, -0.2) is 67.6 Å². The maximum Gasteiger partial charge on any atom is 0.415 e. The van der Waals surface area contributed by atoms with Gasteiger partial charge < -0.3 is 25.0 Å². The Hall–Kier alpha value is -2.12. The van der Waals surface area contributed by atoms with Crippen LogP contribution in [0.4, 0.5) is 4.79 Å². The number of Topliss-reactive ketones (excluding diaryl/α,β-unsaturated/α-hetero) is 1. The zero-order chi connectivity index (χ0) is 19.6. The monoisotopic (exact) mass is 385 g/mol. The maximum absolute atomic E-state index is 12.9. The SMILES string of the molecule is CN(CCN)C(=O)Oc1ccc2c3c1O[C@@H]1C(=O)CCC4[C@H](C2)N(C)CC[C@]341. The summed E-state index contributed by atoms with van der Waals surface area (Å²) in [7, 11) is 3.85. The third-order valence-electron chi connectivity index (χ3n) is 7.34. The minimum absolute atomic E-state index is 0.182. The molecule has 1 aromatic rings. The fraction of sp³-hybridized carbons (Fsp3) is 0.619. The van der Waals surface area contributed by atoms with E-state index in [1.54, 1.807) is 7.05 Å². The molecule has 28 heavy (non-hydrogen) atoms. The Morgan fingerprint density at radius 2 is 2.29 bits per heavy atom. The van der Waals surface area contributed by atoms with Gasteiger partial charge in [0.15, 0.2) is 23.4 Å². The van der Waals surface area contributed by atoms with Crippen molar-refractivity contribution in [3.05, 3.63) is 23.3 Å². The fourth-order valence-electron chi connectivity index (χ4n) is 6.05. The third-order valence-corrected chi connectivity index (χ3v) is 7.34. The second kappa shape index (κ2) is 6.19. The highest BCUT2D eigenvalue weighted by molar-refractivity contribution is 5.89. The first kappa shape index (κ1) is 17.9. The summed E-state index contributed by atoms with van der Waals surface area (Å²) in [4.78, 5) is 29.2. The molecule has 7 heteroatoms. The predicted molar refractivity (Wildman–Crippen MR) is 103 cm³/mol. The molecule has 1 saturated heterocycles. The van der Waals surface area contributed by atoms with E-state index < -0.39 is 12.2 Å². The maximum atomic E-state index is 12.9. The molecular weight excluding hydrogens is 358 g/mol. The molecule has 1 amide bonds. The van der Waals surface area contributed by atoms with E-state index >= 15 is 0 Å². The van der Waals surface area contributed by atoms with Crippen molar-refractivity contribution in [1.29, 1.82) is 0 Å². The average molecular weight is 385 g/mol. The molecule has 2 N–H and O–H groups in total. The molecule has 1 spiro atoms.